The van der Waals surface area contributed by atoms with Gasteiger partial charge in [-0.3, -0.25) is 0 Å². The van der Waals surface area contributed by atoms with Crippen molar-refractivity contribution in [2.75, 3.05) is 0 Å². The van der Waals surface area contributed by atoms with Gasteiger partial charge in [-0.15, -0.1) is 0 Å². The fourth-order valence-corrected chi connectivity index (χ4v) is 1.59. The summed E-state index contributed by atoms with van der Waals surface area (Å²) in [6, 6.07) is 3.93. The average molecular weight is 166 g/mol. The largest absolute Gasteiger partial charge is 0.366 e. The number of hydrogen-bond acceptors (Lipinski definition) is 0. The number of aryl methyl sites for hydroxylation is 1. The van der Waals surface area contributed by atoms with Gasteiger partial charge in [0.2, 0.25) is 0 Å². The number of halogens is 1. The molecule has 56 valence electrons. The molecular formula is C9H8ClN. The van der Waals surface area contributed by atoms with Gasteiger partial charge in [-0.05, 0) is 24.6 Å². The van der Waals surface area contributed by atoms with Crippen LogP contribution in [0.15, 0.2) is 24.5 Å². The molecule has 1 N–H and O–H groups in total. The van der Waals surface area contributed by atoms with E-state index in [0.29, 0.717) is 0 Å². The number of benzene rings is 1. The molecular weight excluding hydrogens is 158 g/mol. The summed E-state index contributed by atoms with van der Waals surface area (Å²) in [6.07, 6.45) is 3.94. The van der Waals surface area contributed by atoms with Crippen LogP contribution >= 0.6 is 11.6 Å². The second-order valence-corrected chi connectivity index (χ2v) is 3.12. The van der Waals surface area contributed by atoms with Gasteiger partial charge in [0, 0.05) is 28.2 Å². The highest BCUT2D eigenvalue weighted by Gasteiger charge is 1.98. The van der Waals surface area contributed by atoms with Gasteiger partial charge in [0.05, 0.1) is 0 Å². The maximum absolute atomic E-state index is 5.87. The number of H-pyrrole nitrogens is 1. The molecule has 1 nitrogen and oxygen atoms in total. The number of fused-ring (bicyclic) bond motifs is 1. The highest BCUT2D eigenvalue weighted by molar-refractivity contribution is 6.31. The highest BCUT2D eigenvalue weighted by atomic mass is 35.5. The second-order valence-electron chi connectivity index (χ2n) is 2.68. The first kappa shape index (κ1) is 6.74. The monoisotopic (exact) mass is 165 g/mol. The maximum atomic E-state index is 5.87. The maximum Gasteiger partial charge on any atom is 0.0415 e. The average Bonchev–Trinajstić information content (AvgIpc) is 2.34. The first-order valence-corrected chi connectivity index (χ1v) is 3.88. The van der Waals surface area contributed by atoms with Gasteiger partial charge in [-0.25, -0.2) is 0 Å². The molecule has 2 heteroatoms. The third kappa shape index (κ3) is 1.02. The normalized spacial score (nSPS) is 10.7. The molecule has 0 radical (unpaired) electrons. The van der Waals surface area contributed by atoms with E-state index in [-0.39, 0.29) is 0 Å². The summed E-state index contributed by atoms with van der Waals surface area (Å²) in [4.78, 5) is 3.05. The van der Waals surface area contributed by atoms with Gasteiger partial charge in [0.15, 0.2) is 0 Å². The van der Waals surface area contributed by atoms with E-state index in [1.807, 2.05) is 24.5 Å². The zero-order valence-electron chi connectivity index (χ0n) is 6.19. The molecule has 0 spiro atoms. The number of hydrogen-bond donors (Lipinski definition) is 1. The fraction of sp³-hybridized carbons (Fsp3) is 0.111. The molecule has 0 aliphatic carbocycles. The topological polar surface area (TPSA) is 15.8 Å². The van der Waals surface area contributed by atoms with Gasteiger partial charge >= 0.3 is 0 Å². The Hall–Kier alpha value is -0.950. The molecule has 2 rings (SSSR count). The molecule has 0 unspecified atom stereocenters. The Balaban J connectivity index is 2.91. The van der Waals surface area contributed by atoms with Crippen molar-refractivity contribution in [1.29, 1.82) is 0 Å². The molecule has 0 fully saturated rings. The molecule has 2 aromatic rings. The van der Waals surface area contributed by atoms with Crippen LogP contribution in [0.4, 0.5) is 0 Å². The zero-order chi connectivity index (χ0) is 7.84. The van der Waals surface area contributed by atoms with Crippen LogP contribution in [-0.2, 0) is 0 Å². The van der Waals surface area contributed by atoms with Crippen LogP contribution in [0.1, 0.15) is 5.56 Å². The Kier molecular flexibility index (Phi) is 1.40. The van der Waals surface area contributed by atoms with Gasteiger partial charge < -0.3 is 4.98 Å². The van der Waals surface area contributed by atoms with Crippen LogP contribution in [0.25, 0.3) is 10.8 Å². The van der Waals surface area contributed by atoms with Crippen LogP contribution in [0.2, 0.25) is 5.02 Å². The molecule has 11 heavy (non-hydrogen) atoms. The second kappa shape index (κ2) is 2.28. The lowest BCUT2D eigenvalue weighted by atomic mass is 10.1. The smallest absolute Gasteiger partial charge is 0.0415 e. The van der Waals surface area contributed by atoms with Gasteiger partial charge in [-0.1, -0.05) is 11.6 Å². The number of nitrogens with one attached hydrogen (secondary N) is 1. The van der Waals surface area contributed by atoms with E-state index in [4.69, 9.17) is 11.6 Å². The molecule has 0 saturated heterocycles. The summed E-state index contributed by atoms with van der Waals surface area (Å²) in [5.41, 5.74) is 1.22. The predicted octanol–water partition coefficient (Wildman–Crippen LogP) is 3.13. The van der Waals surface area contributed by atoms with E-state index in [1.54, 1.807) is 0 Å². The summed E-state index contributed by atoms with van der Waals surface area (Å²) in [5, 5.41) is 3.22. The lowest BCUT2D eigenvalue weighted by Crippen LogP contribution is -1.72. The van der Waals surface area contributed by atoms with Crippen molar-refractivity contribution in [2.24, 2.45) is 0 Å². The minimum Gasteiger partial charge on any atom is -0.366 e. The lowest BCUT2D eigenvalue weighted by Gasteiger charge is -1.95. The Morgan fingerprint density at radius 3 is 2.91 bits per heavy atom. The van der Waals surface area contributed by atoms with E-state index < -0.39 is 0 Å². The van der Waals surface area contributed by atoms with E-state index >= 15 is 0 Å². The van der Waals surface area contributed by atoms with E-state index in [9.17, 15) is 0 Å². The van der Waals surface area contributed by atoms with Crippen molar-refractivity contribution in [3.05, 3.63) is 35.1 Å². The molecule has 1 heterocycles. The molecule has 1 aromatic heterocycles. The third-order valence-electron chi connectivity index (χ3n) is 1.85. The van der Waals surface area contributed by atoms with Crippen molar-refractivity contribution in [1.82, 2.24) is 4.98 Å². The quantitative estimate of drug-likeness (QED) is 0.618. The first-order chi connectivity index (χ1) is 5.27. The molecule has 0 amide bonds. The predicted molar refractivity (Wildman–Crippen MR) is 48.0 cm³/mol. The first-order valence-electron chi connectivity index (χ1n) is 3.50. The minimum atomic E-state index is 0.801. The number of aromatic nitrogens is 1. The summed E-state index contributed by atoms with van der Waals surface area (Å²) in [5.74, 6) is 0. The van der Waals surface area contributed by atoms with Crippen molar-refractivity contribution >= 4 is 22.4 Å². The summed E-state index contributed by atoms with van der Waals surface area (Å²) >= 11 is 5.87. The fourth-order valence-electron chi connectivity index (χ4n) is 1.31. The summed E-state index contributed by atoms with van der Waals surface area (Å²) in [6.45, 7) is 2.06. The van der Waals surface area contributed by atoms with E-state index in [0.717, 1.165) is 5.02 Å². The van der Waals surface area contributed by atoms with Crippen LogP contribution in [0.3, 0.4) is 0 Å². The highest BCUT2D eigenvalue weighted by Crippen LogP contribution is 2.22. The van der Waals surface area contributed by atoms with E-state index in [2.05, 4.69) is 11.9 Å². The van der Waals surface area contributed by atoms with Gasteiger partial charge in [-0.2, -0.15) is 0 Å². The van der Waals surface area contributed by atoms with Crippen LogP contribution in [0.5, 0.6) is 0 Å². The summed E-state index contributed by atoms with van der Waals surface area (Å²) in [7, 11) is 0. The van der Waals surface area contributed by atoms with E-state index in [1.165, 1.54) is 16.3 Å². The molecule has 0 saturated carbocycles. The molecule has 0 aliphatic heterocycles. The van der Waals surface area contributed by atoms with Crippen LogP contribution in [-0.4, -0.2) is 4.98 Å². The van der Waals surface area contributed by atoms with Gasteiger partial charge in [0.1, 0.15) is 0 Å². The molecule has 0 bridgehead atoms. The molecule has 1 aromatic carbocycles. The van der Waals surface area contributed by atoms with Crippen molar-refractivity contribution in [3.63, 3.8) is 0 Å². The summed E-state index contributed by atoms with van der Waals surface area (Å²) < 4.78 is 0. The molecule has 0 atom stereocenters. The van der Waals surface area contributed by atoms with Gasteiger partial charge in [0.25, 0.3) is 0 Å². The molecule has 0 aliphatic rings. The standard InChI is InChI=1S/C9H8ClN/c1-6-2-8(10)3-7-4-11-5-9(6)7/h2-5,11H,1H3. The Morgan fingerprint density at radius 1 is 1.27 bits per heavy atom. The number of aromatic amines is 1. The number of rotatable bonds is 0. The zero-order valence-corrected chi connectivity index (χ0v) is 6.94. The minimum absolute atomic E-state index is 0.801. The Bertz CT molecular complexity index is 389. The van der Waals surface area contributed by atoms with Crippen LogP contribution in [0, 0.1) is 6.92 Å². The lowest BCUT2D eigenvalue weighted by molar-refractivity contribution is 1.42. The Morgan fingerprint density at radius 2 is 2.09 bits per heavy atom. The van der Waals surface area contributed by atoms with Crippen molar-refractivity contribution in [3.8, 4) is 0 Å². The third-order valence-corrected chi connectivity index (χ3v) is 2.07. The van der Waals surface area contributed by atoms with Crippen LogP contribution < -0.4 is 0 Å². The Labute approximate surface area is 70.0 Å². The van der Waals surface area contributed by atoms with Crippen molar-refractivity contribution < 1.29 is 0 Å². The SMILES string of the molecule is Cc1cc(Cl)cc2c[nH]cc12. The van der Waals surface area contributed by atoms with Crippen molar-refractivity contribution in [2.45, 2.75) is 6.92 Å².